The summed E-state index contributed by atoms with van der Waals surface area (Å²) in [6, 6.07) is 5.79. The molecule has 0 unspecified atom stereocenters. The summed E-state index contributed by atoms with van der Waals surface area (Å²) in [6.45, 7) is 8.72. The van der Waals surface area contributed by atoms with Gasteiger partial charge >= 0.3 is 0 Å². The molecule has 4 heteroatoms. The van der Waals surface area contributed by atoms with Gasteiger partial charge in [0.15, 0.2) is 0 Å². The molecular formula is C14H21NO3. The van der Waals surface area contributed by atoms with E-state index in [1.807, 2.05) is 39.0 Å². The first kappa shape index (κ1) is 14.5. The van der Waals surface area contributed by atoms with Gasteiger partial charge in [-0.1, -0.05) is 16.8 Å². The van der Waals surface area contributed by atoms with Crippen molar-refractivity contribution in [3.63, 3.8) is 0 Å². The maximum Gasteiger partial charge on any atom is 0.128 e. The first-order valence-corrected chi connectivity index (χ1v) is 6.08. The van der Waals surface area contributed by atoms with E-state index in [-0.39, 0.29) is 6.10 Å². The lowest BCUT2D eigenvalue weighted by molar-refractivity contribution is 0.0552. The summed E-state index contributed by atoms with van der Waals surface area (Å²) in [7, 11) is 0. The first-order valence-electron chi connectivity index (χ1n) is 6.08. The Balaban J connectivity index is 2.70. The van der Waals surface area contributed by atoms with E-state index in [1.165, 1.54) is 0 Å². The minimum atomic E-state index is 0.201. The monoisotopic (exact) mass is 251 g/mol. The Bertz CT molecular complexity index is 414. The molecule has 0 aliphatic heterocycles. The second-order valence-electron chi connectivity index (χ2n) is 4.45. The molecule has 0 aliphatic rings. The number of nitrogens with zero attached hydrogens (tertiary/aromatic N) is 1. The Morgan fingerprint density at radius 2 is 2.06 bits per heavy atom. The summed E-state index contributed by atoms with van der Waals surface area (Å²) in [5.74, 6) is 0.711. The van der Waals surface area contributed by atoms with E-state index in [1.54, 1.807) is 6.92 Å². The van der Waals surface area contributed by atoms with Crippen molar-refractivity contribution in [1.29, 1.82) is 0 Å². The highest BCUT2D eigenvalue weighted by Gasteiger charge is 2.08. The van der Waals surface area contributed by atoms with Gasteiger partial charge in [0, 0.05) is 5.56 Å². The van der Waals surface area contributed by atoms with Crippen molar-refractivity contribution in [2.45, 2.75) is 33.8 Å². The second-order valence-corrected chi connectivity index (χ2v) is 4.45. The fraction of sp³-hybridized carbons (Fsp3) is 0.500. The molecule has 100 valence electrons. The van der Waals surface area contributed by atoms with Crippen molar-refractivity contribution >= 4 is 5.71 Å². The van der Waals surface area contributed by atoms with E-state index in [0.29, 0.717) is 24.7 Å². The van der Waals surface area contributed by atoms with Crippen LogP contribution in [0.25, 0.3) is 0 Å². The molecule has 0 spiro atoms. The van der Waals surface area contributed by atoms with Crippen LogP contribution in [-0.2, 0) is 4.74 Å². The van der Waals surface area contributed by atoms with Crippen molar-refractivity contribution in [2.75, 3.05) is 13.2 Å². The van der Waals surface area contributed by atoms with Crippen molar-refractivity contribution in [3.05, 3.63) is 29.3 Å². The zero-order chi connectivity index (χ0) is 13.5. The molecule has 0 radical (unpaired) electrons. The lowest BCUT2D eigenvalue weighted by Gasteiger charge is -2.13. The van der Waals surface area contributed by atoms with Crippen LogP contribution in [0.4, 0.5) is 0 Å². The van der Waals surface area contributed by atoms with Gasteiger partial charge in [0.05, 0.1) is 18.4 Å². The second kappa shape index (κ2) is 7.01. The Labute approximate surface area is 108 Å². The van der Waals surface area contributed by atoms with Gasteiger partial charge in [-0.05, 0) is 39.8 Å². The van der Waals surface area contributed by atoms with Crippen LogP contribution >= 0.6 is 0 Å². The zero-order valence-corrected chi connectivity index (χ0v) is 11.4. The van der Waals surface area contributed by atoms with Crippen molar-refractivity contribution in [1.82, 2.24) is 0 Å². The number of oxime groups is 1. The highest BCUT2D eigenvalue weighted by Crippen LogP contribution is 2.21. The van der Waals surface area contributed by atoms with Crippen molar-refractivity contribution < 1.29 is 14.7 Å². The molecule has 0 saturated heterocycles. The Hall–Kier alpha value is -1.55. The largest absolute Gasteiger partial charge is 0.490 e. The SMILES string of the molecule is C/C(=N\O)c1cc(C)ccc1OCCOC(C)C. The van der Waals surface area contributed by atoms with Gasteiger partial charge in [-0.3, -0.25) is 0 Å². The molecule has 1 rings (SSSR count). The first-order chi connectivity index (χ1) is 8.54. The maximum atomic E-state index is 8.86. The number of hydrogen-bond donors (Lipinski definition) is 1. The Morgan fingerprint density at radius 3 is 2.67 bits per heavy atom. The molecule has 1 N–H and O–H groups in total. The van der Waals surface area contributed by atoms with Gasteiger partial charge in [0.2, 0.25) is 0 Å². The maximum absolute atomic E-state index is 8.86. The molecule has 0 aromatic heterocycles. The van der Waals surface area contributed by atoms with E-state index >= 15 is 0 Å². The number of benzene rings is 1. The minimum absolute atomic E-state index is 0.201. The van der Waals surface area contributed by atoms with Crippen LogP contribution < -0.4 is 4.74 Å². The van der Waals surface area contributed by atoms with Gasteiger partial charge < -0.3 is 14.7 Å². The molecule has 0 heterocycles. The summed E-state index contributed by atoms with van der Waals surface area (Å²) in [4.78, 5) is 0. The zero-order valence-electron chi connectivity index (χ0n) is 11.4. The molecule has 0 atom stereocenters. The number of hydrogen-bond acceptors (Lipinski definition) is 4. The van der Waals surface area contributed by atoms with Crippen LogP contribution in [0.5, 0.6) is 5.75 Å². The highest BCUT2D eigenvalue weighted by molar-refractivity contribution is 6.00. The topological polar surface area (TPSA) is 51.1 Å². The van der Waals surface area contributed by atoms with Gasteiger partial charge in [0.25, 0.3) is 0 Å². The standard InChI is InChI=1S/C14H21NO3/c1-10(2)17-7-8-18-14-6-5-11(3)9-13(14)12(4)15-16/h5-6,9-10,16H,7-8H2,1-4H3/b15-12+. The fourth-order valence-corrected chi connectivity index (χ4v) is 1.54. The molecule has 0 fully saturated rings. The normalized spacial score (nSPS) is 11.9. The van der Waals surface area contributed by atoms with Gasteiger partial charge in [0.1, 0.15) is 12.4 Å². The third-order valence-corrected chi connectivity index (χ3v) is 2.47. The lowest BCUT2D eigenvalue weighted by Crippen LogP contribution is -2.12. The molecule has 0 bridgehead atoms. The quantitative estimate of drug-likeness (QED) is 0.366. The van der Waals surface area contributed by atoms with Crippen LogP contribution in [-0.4, -0.2) is 30.2 Å². The van der Waals surface area contributed by atoms with Gasteiger partial charge in [-0.25, -0.2) is 0 Å². The van der Waals surface area contributed by atoms with Crippen LogP contribution in [0, 0.1) is 6.92 Å². The Morgan fingerprint density at radius 1 is 1.33 bits per heavy atom. The third-order valence-electron chi connectivity index (χ3n) is 2.47. The number of aryl methyl sites for hydroxylation is 1. The number of rotatable bonds is 6. The highest BCUT2D eigenvalue weighted by atomic mass is 16.5. The summed E-state index contributed by atoms with van der Waals surface area (Å²) in [5.41, 5.74) is 2.44. The van der Waals surface area contributed by atoms with E-state index in [0.717, 1.165) is 11.1 Å². The molecule has 0 aliphatic carbocycles. The van der Waals surface area contributed by atoms with Crippen LogP contribution in [0.15, 0.2) is 23.4 Å². The molecule has 0 saturated carbocycles. The summed E-state index contributed by atoms with van der Waals surface area (Å²) < 4.78 is 11.1. The van der Waals surface area contributed by atoms with Crippen LogP contribution in [0.1, 0.15) is 31.9 Å². The predicted octanol–water partition coefficient (Wildman–Crippen LogP) is 3.00. The lowest BCUT2D eigenvalue weighted by atomic mass is 10.1. The van der Waals surface area contributed by atoms with E-state index in [4.69, 9.17) is 14.7 Å². The molecule has 4 nitrogen and oxygen atoms in total. The minimum Gasteiger partial charge on any atom is -0.490 e. The van der Waals surface area contributed by atoms with E-state index < -0.39 is 0 Å². The summed E-state index contributed by atoms with van der Waals surface area (Å²) in [6.07, 6.45) is 0.201. The van der Waals surface area contributed by atoms with Gasteiger partial charge in [-0.15, -0.1) is 0 Å². The summed E-state index contributed by atoms with van der Waals surface area (Å²) in [5, 5.41) is 12.1. The number of ether oxygens (including phenoxy) is 2. The summed E-state index contributed by atoms with van der Waals surface area (Å²) >= 11 is 0. The van der Waals surface area contributed by atoms with E-state index in [9.17, 15) is 0 Å². The molecule has 18 heavy (non-hydrogen) atoms. The van der Waals surface area contributed by atoms with Crippen molar-refractivity contribution in [3.8, 4) is 5.75 Å². The molecule has 1 aromatic rings. The van der Waals surface area contributed by atoms with Crippen LogP contribution in [0.3, 0.4) is 0 Å². The molecule has 1 aromatic carbocycles. The average Bonchev–Trinajstić information content (AvgIpc) is 2.34. The fourth-order valence-electron chi connectivity index (χ4n) is 1.54. The van der Waals surface area contributed by atoms with E-state index in [2.05, 4.69) is 5.16 Å². The third kappa shape index (κ3) is 4.37. The smallest absolute Gasteiger partial charge is 0.128 e. The van der Waals surface area contributed by atoms with Crippen molar-refractivity contribution in [2.24, 2.45) is 5.16 Å². The molecular weight excluding hydrogens is 230 g/mol. The average molecular weight is 251 g/mol. The predicted molar refractivity (Wildman–Crippen MR) is 71.8 cm³/mol. The Kier molecular flexibility index (Phi) is 5.65. The molecule has 0 amide bonds. The van der Waals surface area contributed by atoms with Gasteiger partial charge in [-0.2, -0.15) is 0 Å². The van der Waals surface area contributed by atoms with Crippen LogP contribution in [0.2, 0.25) is 0 Å².